The van der Waals surface area contributed by atoms with Gasteiger partial charge in [-0.3, -0.25) is 4.68 Å². The van der Waals surface area contributed by atoms with Crippen LogP contribution in [0.2, 0.25) is 0 Å². The van der Waals surface area contributed by atoms with E-state index in [1.807, 2.05) is 40.7 Å². The van der Waals surface area contributed by atoms with Crippen molar-refractivity contribution in [3.8, 4) is 11.4 Å². The van der Waals surface area contributed by atoms with E-state index in [1.54, 1.807) is 6.33 Å². The van der Waals surface area contributed by atoms with E-state index in [2.05, 4.69) is 17.0 Å². The molecule has 0 amide bonds. The summed E-state index contributed by atoms with van der Waals surface area (Å²) >= 11 is 1.95. The van der Waals surface area contributed by atoms with Crippen molar-refractivity contribution in [2.24, 2.45) is 0 Å². The fourth-order valence-corrected chi connectivity index (χ4v) is 2.31. The second-order valence-electron chi connectivity index (χ2n) is 4.01. The van der Waals surface area contributed by atoms with E-state index in [-0.39, 0.29) is 0 Å². The molecule has 0 saturated heterocycles. The van der Waals surface area contributed by atoms with Crippen LogP contribution in [0.5, 0.6) is 0 Å². The van der Waals surface area contributed by atoms with Crippen molar-refractivity contribution in [1.29, 1.82) is 0 Å². The van der Waals surface area contributed by atoms with E-state index in [0.29, 0.717) is 0 Å². The molecule has 18 heavy (non-hydrogen) atoms. The summed E-state index contributed by atoms with van der Waals surface area (Å²) in [6.45, 7) is 3.10. The van der Waals surface area contributed by atoms with Gasteiger partial charge in [-0.05, 0) is 30.1 Å². The van der Waals surface area contributed by atoms with Gasteiger partial charge in [0.1, 0.15) is 6.33 Å². The van der Waals surface area contributed by atoms with Crippen LogP contribution in [-0.2, 0) is 6.54 Å². The molecule has 1 aromatic carbocycles. The maximum Gasteiger partial charge on any atom is 0.181 e. The Hall–Kier alpha value is -1.49. The summed E-state index contributed by atoms with van der Waals surface area (Å²) in [5, 5.41) is 4.46. The molecule has 0 fully saturated rings. The van der Waals surface area contributed by atoms with E-state index in [0.717, 1.165) is 30.0 Å². The van der Waals surface area contributed by atoms with Gasteiger partial charge in [-0.1, -0.05) is 19.1 Å². The quantitative estimate of drug-likeness (QED) is 0.642. The van der Waals surface area contributed by atoms with Crippen molar-refractivity contribution < 1.29 is 0 Å². The Morgan fingerprint density at radius 2 is 2.28 bits per heavy atom. The molecule has 0 saturated carbocycles. The lowest BCUT2D eigenvalue weighted by molar-refractivity contribution is 0.606. The first-order chi connectivity index (χ1) is 8.79. The van der Waals surface area contributed by atoms with Crippen molar-refractivity contribution in [2.45, 2.75) is 19.9 Å². The smallest absolute Gasteiger partial charge is 0.181 e. The average Bonchev–Trinajstić information content (AvgIpc) is 2.83. The van der Waals surface area contributed by atoms with Crippen LogP contribution in [0.3, 0.4) is 0 Å². The fourth-order valence-electron chi connectivity index (χ4n) is 1.69. The molecule has 0 atom stereocenters. The van der Waals surface area contributed by atoms with Gasteiger partial charge in [0.25, 0.3) is 0 Å². The monoisotopic (exact) mass is 262 g/mol. The summed E-state index contributed by atoms with van der Waals surface area (Å²) < 4.78 is 1.90. The van der Waals surface area contributed by atoms with E-state index in [4.69, 9.17) is 5.73 Å². The molecule has 0 unspecified atom stereocenters. The fraction of sp³-hybridized carbons (Fsp3) is 0.385. The SMILES string of the molecule is CCSCCCn1cnc(-c2cccc(N)c2)n1. The molecule has 2 N–H and O–H groups in total. The van der Waals surface area contributed by atoms with E-state index < -0.39 is 0 Å². The van der Waals surface area contributed by atoms with Crippen LogP contribution >= 0.6 is 11.8 Å². The normalized spacial score (nSPS) is 10.7. The number of benzene rings is 1. The van der Waals surface area contributed by atoms with Gasteiger partial charge in [0.05, 0.1) is 0 Å². The van der Waals surface area contributed by atoms with Gasteiger partial charge >= 0.3 is 0 Å². The van der Waals surface area contributed by atoms with Gasteiger partial charge in [0, 0.05) is 17.8 Å². The van der Waals surface area contributed by atoms with Gasteiger partial charge in [-0.25, -0.2) is 4.98 Å². The lowest BCUT2D eigenvalue weighted by atomic mass is 10.2. The molecular formula is C13H18N4S. The Balaban J connectivity index is 1.97. The number of nitrogen functional groups attached to an aromatic ring is 1. The van der Waals surface area contributed by atoms with Crippen molar-refractivity contribution in [3.63, 3.8) is 0 Å². The molecule has 1 aromatic heterocycles. The van der Waals surface area contributed by atoms with Gasteiger partial charge in [0.2, 0.25) is 0 Å². The number of thioether (sulfide) groups is 1. The molecule has 2 rings (SSSR count). The zero-order valence-corrected chi connectivity index (χ0v) is 11.4. The topological polar surface area (TPSA) is 56.7 Å². The van der Waals surface area contributed by atoms with Crippen LogP contribution in [-0.4, -0.2) is 26.3 Å². The Morgan fingerprint density at radius 3 is 3.06 bits per heavy atom. The summed E-state index contributed by atoms with van der Waals surface area (Å²) in [5.41, 5.74) is 7.46. The third kappa shape index (κ3) is 3.50. The van der Waals surface area contributed by atoms with E-state index >= 15 is 0 Å². The first-order valence-electron chi connectivity index (χ1n) is 6.12. The molecule has 96 valence electrons. The van der Waals surface area contributed by atoms with Gasteiger partial charge in [0.15, 0.2) is 5.82 Å². The predicted molar refractivity (Wildman–Crippen MR) is 77.5 cm³/mol. The molecule has 0 aliphatic rings. The Morgan fingerprint density at radius 1 is 1.39 bits per heavy atom. The van der Waals surface area contributed by atoms with Gasteiger partial charge in [-0.15, -0.1) is 0 Å². The van der Waals surface area contributed by atoms with E-state index in [1.165, 1.54) is 11.5 Å². The summed E-state index contributed by atoms with van der Waals surface area (Å²) in [6.07, 6.45) is 2.91. The van der Waals surface area contributed by atoms with Gasteiger partial charge in [-0.2, -0.15) is 16.9 Å². The second-order valence-corrected chi connectivity index (χ2v) is 5.40. The highest BCUT2D eigenvalue weighted by Gasteiger charge is 2.04. The molecule has 2 aromatic rings. The highest BCUT2D eigenvalue weighted by Crippen LogP contribution is 2.17. The lowest BCUT2D eigenvalue weighted by Gasteiger charge is -2.00. The van der Waals surface area contributed by atoms with Crippen LogP contribution in [0.25, 0.3) is 11.4 Å². The molecular weight excluding hydrogens is 244 g/mol. The molecule has 0 spiro atoms. The Labute approximate surface area is 112 Å². The van der Waals surface area contributed by atoms with E-state index in [9.17, 15) is 0 Å². The largest absolute Gasteiger partial charge is 0.399 e. The molecule has 1 heterocycles. The molecule has 0 radical (unpaired) electrons. The first kappa shape index (κ1) is 13.0. The van der Waals surface area contributed by atoms with Crippen LogP contribution in [0.1, 0.15) is 13.3 Å². The third-order valence-corrected chi connectivity index (χ3v) is 3.55. The number of anilines is 1. The molecule has 4 nitrogen and oxygen atoms in total. The summed E-state index contributed by atoms with van der Waals surface area (Å²) in [4.78, 5) is 4.32. The summed E-state index contributed by atoms with van der Waals surface area (Å²) in [7, 11) is 0. The third-order valence-electron chi connectivity index (χ3n) is 2.56. The number of hydrogen-bond acceptors (Lipinski definition) is 4. The predicted octanol–water partition coefficient (Wildman–Crippen LogP) is 2.67. The minimum absolute atomic E-state index is 0.739. The van der Waals surface area contributed by atoms with Crippen LogP contribution in [0.4, 0.5) is 5.69 Å². The second kappa shape index (κ2) is 6.44. The summed E-state index contributed by atoms with van der Waals surface area (Å²) in [5.74, 6) is 3.08. The lowest BCUT2D eigenvalue weighted by Crippen LogP contribution is -2.00. The zero-order chi connectivity index (χ0) is 12.8. The number of nitrogens with two attached hydrogens (primary N) is 1. The van der Waals surface area contributed by atoms with Crippen LogP contribution < -0.4 is 5.73 Å². The molecule has 5 heteroatoms. The molecule has 0 aliphatic heterocycles. The maximum absolute atomic E-state index is 5.75. The highest BCUT2D eigenvalue weighted by atomic mass is 32.2. The number of aryl methyl sites for hydroxylation is 1. The van der Waals surface area contributed by atoms with Crippen molar-refractivity contribution in [2.75, 3.05) is 17.2 Å². The number of rotatable bonds is 6. The average molecular weight is 262 g/mol. The number of nitrogens with zero attached hydrogens (tertiary/aromatic N) is 3. The van der Waals surface area contributed by atoms with Crippen LogP contribution in [0, 0.1) is 0 Å². The minimum Gasteiger partial charge on any atom is -0.399 e. The van der Waals surface area contributed by atoms with Crippen molar-refractivity contribution in [1.82, 2.24) is 14.8 Å². The maximum atomic E-state index is 5.75. The van der Waals surface area contributed by atoms with Crippen LogP contribution in [0.15, 0.2) is 30.6 Å². The summed E-state index contributed by atoms with van der Waals surface area (Å²) in [6, 6.07) is 7.65. The van der Waals surface area contributed by atoms with Crippen molar-refractivity contribution >= 4 is 17.4 Å². The molecule has 0 aliphatic carbocycles. The molecule has 0 bridgehead atoms. The van der Waals surface area contributed by atoms with Gasteiger partial charge < -0.3 is 5.73 Å². The zero-order valence-electron chi connectivity index (χ0n) is 10.5. The first-order valence-corrected chi connectivity index (χ1v) is 7.28. The Bertz CT molecular complexity index is 495. The Kier molecular flexibility index (Phi) is 4.64. The standard InChI is InChI=1S/C13H18N4S/c1-2-18-8-4-7-17-10-15-13(16-17)11-5-3-6-12(14)9-11/h3,5-6,9-10H,2,4,7-8,14H2,1H3. The van der Waals surface area contributed by atoms with Crippen molar-refractivity contribution in [3.05, 3.63) is 30.6 Å². The minimum atomic E-state index is 0.739. The highest BCUT2D eigenvalue weighted by molar-refractivity contribution is 7.99. The number of aromatic nitrogens is 3. The number of hydrogen-bond donors (Lipinski definition) is 1.